The maximum atomic E-state index is 12.0. The molecule has 0 aromatic heterocycles. The number of aliphatic hydroxyl groups is 1. The number of carbonyl (C=O) groups excluding carboxylic acids is 1. The topological polar surface area (TPSA) is 83.5 Å². The summed E-state index contributed by atoms with van der Waals surface area (Å²) in [6.07, 6.45) is -0.905. The molecule has 0 bridgehead atoms. The Morgan fingerprint density at radius 3 is 2.79 bits per heavy atom. The molecule has 1 fully saturated rings. The van der Waals surface area contributed by atoms with Crippen LogP contribution in [0.3, 0.4) is 0 Å². The summed E-state index contributed by atoms with van der Waals surface area (Å²) in [7, 11) is 0. The molecule has 8 heteroatoms. The zero-order valence-corrected chi connectivity index (χ0v) is 16.4. The molecule has 1 saturated heterocycles. The molecule has 0 aliphatic carbocycles. The van der Waals surface area contributed by atoms with Gasteiger partial charge in [0.25, 0.3) is 0 Å². The molecular formula is C20H30NO7+. The monoisotopic (exact) mass is 396 g/mol. The Morgan fingerprint density at radius 1 is 1.29 bits per heavy atom. The molecule has 3 rings (SSSR count). The van der Waals surface area contributed by atoms with Gasteiger partial charge < -0.3 is 33.3 Å². The van der Waals surface area contributed by atoms with Gasteiger partial charge in [-0.1, -0.05) is 12.1 Å². The fraction of sp³-hybridized carbons (Fsp3) is 0.650. The van der Waals surface area contributed by atoms with Gasteiger partial charge in [0.2, 0.25) is 0 Å². The smallest absolute Gasteiger partial charge is 0.361 e. The number of morpholine rings is 1. The molecule has 156 valence electrons. The molecule has 0 unspecified atom stereocenters. The number of nitrogens with zero attached hydrogens (tertiary/aromatic N) is 1. The normalized spacial score (nSPS) is 21.7. The molecule has 8 nitrogen and oxygen atoms in total. The van der Waals surface area contributed by atoms with Gasteiger partial charge in [0.1, 0.15) is 32.3 Å². The van der Waals surface area contributed by atoms with E-state index in [4.69, 9.17) is 23.7 Å². The molecule has 1 aromatic carbocycles. The Hall–Kier alpha value is -1.87. The molecule has 1 N–H and O–H groups in total. The summed E-state index contributed by atoms with van der Waals surface area (Å²) in [5, 5.41) is 10.5. The van der Waals surface area contributed by atoms with Gasteiger partial charge >= 0.3 is 5.97 Å². The van der Waals surface area contributed by atoms with E-state index in [1.807, 2.05) is 24.3 Å². The van der Waals surface area contributed by atoms with Crippen LogP contribution < -0.4 is 9.47 Å². The highest BCUT2D eigenvalue weighted by molar-refractivity contribution is 5.70. The first kappa shape index (κ1) is 20.9. The summed E-state index contributed by atoms with van der Waals surface area (Å²) < 4.78 is 28.2. The molecular weight excluding hydrogens is 366 g/mol. The summed E-state index contributed by atoms with van der Waals surface area (Å²) in [6.45, 7) is 6.20. The summed E-state index contributed by atoms with van der Waals surface area (Å²) in [5.41, 5.74) is 0. The van der Waals surface area contributed by atoms with Crippen molar-refractivity contribution in [2.24, 2.45) is 0 Å². The SMILES string of the molecule is CCOC(=O)C[N+]1(C[C@H](O)COC[C@H]2COc3ccccc3O2)CCOCC1. The molecule has 2 heterocycles. The first-order valence-electron chi connectivity index (χ1n) is 9.83. The van der Waals surface area contributed by atoms with E-state index in [1.165, 1.54) is 0 Å². The molecule has 28 heavy (non-hydrogen) atoms. The van der Waals surface area contributed by atoms with Crippen LogP contribution in [0, 0.1) is 0 Å². The van der Waals surface area contributed by atoms with Crippen molar-refractivity contribution in [1.29, 1.82) is 0 Å². The van der Waals surface area contributed by atoms with Crippen molar-refractivity contribution in [2.75, 3.05) is 65.8 Å². The largest absolute Gasteiger partial charge is 0.486 e. The highest BCUT2D eigenvalue weighted by Gasteiger charge is 2.36. The molecule has 1 aromatic rings. The third kappa shape index (κ3) is 5.81. The van der Waals surface area contributed by atoms with Crippen LogP contribution in [0.4, 0.5) is 0 Å². The number of para-hydroxylation sites is 2. The van der Waals surface area contributed by atoms with Crippen molar-refractivity contribution in [1.82, 2.24) is 0 Å². The summed E-state index contributed by atoms with van der Waals surface area (Å²) >= 11 is 0. The Balaban J connectivity index is 1.44. The van der Waals surface area contributed by atoms with Crippen LogP contribution in [0.1, 0.15) is 6.92 Å². The average Bonchev–Trinajstić information content (AvgIpc) is 2.68. The Bertz CT molecular complexity index is 633. The zero-order valence-electron chi connectivity index (χ0n) is 16.4. The van der Waals surface area contributed by atoms with Gasteiger partial charge in [-0.2, -0.15) is 0 Å². The van der Waals surface area contributed by atoms with Gasteiger partial charge in [-0.05, 0) is 19.1 Å². The summed E-state index contributed by atoms with van der Waals surface area (Å²) in [5.74, 6) is 1.19. The predicted molar refractivity (Wildman–Crippen MR) is 100 cm³/mol. The summed E-state index contributed by atoms with van der Waals surface area (Å²) in [4.78, 5) is 12.0. The Labute approximate surface area is 165 Å². The lowest BCUT2D eigenvalue weighted by molar-refractivity contribution is -0.931. The third-order valence-electron chi connectivity index (χ3n) is 4.97. The van der Waals surface area contributed by atoms with E-state index in [0.717, 1.165) is 5.75 Å². The van der Waals surface area contributed by atoms with Crippen molar-refractivity contribution in [3.63, 3.8) is 0 Å². The van der Waals surface area contributed by atoms with E-state index in [2.05, 4.69) is 0 Å². The number of fused-ring (bicyclic) bond motifs is 1. The molecule has 0 radical (unpaired) electrons. The van der Waals surface area contributed by atoms with Crippen molar-refractivity contribution >= 4 is 5.97 Å². The quantitative estimate of drug-likeness (QED) is 0.484. The number of hydrogen-bond acceptors (Lipinski definition) is 7. The second-order valence-electron chi connectivity index (χ2n) is 7.24. The minimum atomic E-state index is -0.690. The number of quaternary nitrogens is 1. The predicted octanol–water partition coefficient (Wildman–Crippen LogP) is 0.614. The van der Waals surface area contributed by atoms with Crippen LogP contribution in [0.5, 0.6) is 11.5 Å². The second kappa shape index (κ2) is 10.1. The van der Waals surface area contributed by atoms with Crippen LogP contribution in [-0.2, 0) is 19.0 Å². The maximum Gasteiger partial charge on any atom is 0.361 e. The fourth-order valence-electron chi connectivity index (χ4n) is 3.60. The van der Waals surface area contributed by atoms with E-state index < -0.39 is 6.10 Å². The lowest BCUT2D eigenvalue weighted by Gasteiger charge is -2.41. The van der Waals surface area contributed by atoms with Crippen LogP contribution in [0.2, 0.25) is 0 Å². The van der Waals surface area contributed by atoms with Crippen molar-refractivity contribution in [2.45, 2.75) is 19.1 Å². The molecule has 0 amide bonds. The first-order valence-corrected chi connectivity index (χ1v) is 9.83. The summed E-state index contributed by atoms with van der Waals surface area (Å²) in [6, 6.07) is 7.52. The van der Waals surface area contributed by atoms with Crippen molar-refractivity contribution in [3.8, 4) is 11.5 Å². The molecule has 2 atom stereocenters. The van der Waals surface area contributed by atoms with Gasteiger partial charge in [-0.25, -0.2) is 4.79 Å². The van der Waals surface area contributed by atoms with E-state index in [9.17, 15) is 9.90 Å². The van der Waals surface area contributed by atoms with E-state index in [1.54, 1.807) is 6.92 Å². The molecule has 2 aliphatic rings. The van der Waals surface area contributed by atoms with Gasteiger partial charge in [-0.15, -0.1) is 0 Å². The van der Waals surface area contributed by atoms with Crippen LogP contribution >= 0.6 is 0 Å². The van der Waals surface area contributed by atoms with Crippen molar-refractivity contribution < 1.29 is 38.1 Å². The minimum Gasteiger partial charge on any atom is -0.486 e. The van der Waals surface area contributed by atoms with Crippen LogP contribution in [-0.4, -0.2) is 93.6 Å². The Kier molecular flexibility index (Phi) is 7.50. The average molecular weight is 396 g/mol. The fourth-order valence-corrected chi connectivity index (χ4v) is 3.60. The lowest BCUT2D eigenvalue weighted by Crippen LogP contribution is -2.60. The minimum absolute atomic E-state index is 0.172. The number of benzene rings is 1. The molecule has 2 aliphatic heterocycles. The van der Waals surface area contributed by atoms with E-state index in [-0.39, 0.29) is 25.2 Å². The third-order valence-corrected chi connectivity index (χ3v) is 4.97. The molecule has 0 spiro atoms. The van der Waals surface area contributed by atoms with Gasteiger partial charge in [0.15, 0.2) is 24.1 Å². The van der Waals surface area contributed by atoms with E-state index >= 15 is 0 Å². The molecule has 0 saturated carbocycles. The highest BCUT2D eigenvalue weighted by Crippen LogP contribution is 2.30. The number of esters is 1. The first-order chi connectivity index (χ1) is 13.6. The highest BCUT2D eigenvalue weighted by atomic mass is 16.6. The van der Waals surface area contributed by atoms with Crippen LogP contribution in [0.25, 0.3) is 0 Å². The van der Waals surface area contributed by atoms with Crippen LogP contribution in [0.15, 0.2) is 24.3 Å². The lowest BCUT2D eigenvalue weighted by atomic mass is 10.2. The van der Waals surface area contributed by atoms with Crippen molar-refractivity contribution in [3.05, 3.63) is 24.3 Å². The number of carbonyl (C=O) groups is 1. The van der Waals surface area contributed by atoms with Gasteiger partial charge in [-0.3, -0.25) is 0 Å². The number of aliphatic hydroxyl groups excluding tert-OH is 1. The number of ether oxygens (including phenoxy) is 5. The standard InChI is InChI=1S/C20H30NO7/c1-2-26-20(23)12-21(7-9-24-10-8-21)11-16(22)13-25-14-17-15-27-18-5-3-4-6-19(18)28-17/h3-6,16-17,22H,2,7-15H2,1H3/q+1/t16-,17-/m0/s1. The number of rotatable bonds is 9. The zero-order chi connectivity index (χ0) is 19.8. The van der Waals surface area contributed by atoms with E-state index in [0.29, 0.717) is 62.9 Å². The number of hydrogen-bond donors (Lipinski definition) is 1. The second-order valence-corrected chi connectivity index (χ2v) is 7.24. The van der Waals surface area contributed by atoms with Gasteiger partial charge in [0.05, 0.1) is 33.0 Å². The maximum absolute atomic E-state index is 12.0. The Morgan fingerprint density at radius 2 is 2.04 bits per heavy atom. The van der Waals surface area contributed by atoms with Gasteiger partial charge in [0, 0.05) is 0 Å².